The van der Waals surface area contributed by atoms with Crippen LogP contribution >= 0.6 is 0 Å². The summed E-state index contributed by atoms with van der Waals surface area (Å²) in [7, 11) is 1.66. The van der Waals surface area contributed by atoms with Gasteiger partial charge < -0.3 is 14.2 Å². The molecule has 6 nitrogen and oxygen atoms in total. The first-order valence-corrected chi connectivity index (χ1v) is 10.9. The van der Waals surface area contributed by atoms with Gasteiger partial charge in [0.05, 0.1) is 11.9 Å². The van der Waals surface area contributed by atoms with Gasteiger partial charge >= 0.3 is 11.9 Å². The average Bonchev–Trinajstić information content (AvgIpc) is 2.97. The summed E-state index contributed by atoms with van der Waals surface area (Å²) in [6.07, 6.45) is 6.90. The first-order valence-electron chi connectivity index (χ1n) is 10.9. The van der Waals surface area contributed by atoms with Crippen molar-refractivity contribution in [1.29, 1.82) is 0 Å². The molecule has 1 aliphatic heterocycles. The largest absolute Gasteiger partial charge is 0.432 e. The van der Waals surface area contributed by atoms with Gasteiger partial charge in [-0.25, -0.2) is 4.79 Å². The van der Waals surface area contributed by atoms with E-state index in [9.17, 15) is 14.4 Å². The monoisotopic (exact) mass is 430 g/mol. The third-order valence-corrected chi connectivity index (χ3v) is 7.61. The molecule has 1 spiro atoms. The van der Waals surface area contributed by atoms with Crippen LogP contribution in [-0.4, -0.2) is 30.4 Å². The number of allylic oxidation sites excluding steroid dienone is 3. The second-order valence-electron chi connectivity index (χ2n) is 10.3. The standard InChI is InChI=1S/C25H34O6/c1-15(2)12-20(26)30-11-9-19-24(6)10-8-18(23(4,5)29-7)17(14-24)21(27)25(19)13-16(3)31-22(25)28/h9,11-12,17-19H,3,8,10,13-14H2,1-2,4-7H3/b11-9-/t17-,18+,19+,24-,25-/m0/s1. The zero-order valence-corrected chi connectivity index (χ0v) is 19.4. The number of methoxy groups -OCH3 is 1. The van der Waals surface area contributed by atoms with Crippen molar-refractivity contribution in [2.24, 2.45) is 28.6 Å². The lowest BCUT2D eigenvalue weighted by Gasteiger charge is -2.57. The number of carbonyl (C=O) groups is 3. The van der Waals surface area contributed by atoms with Crippen molar-refractivity contribution in [3.05, 3.63) is 36.3 Å². The molecule has 0 unspecified atom stereocenters. The molecule has 0 N–H and O–H groups in total. The van der Waals surface area contributed by atoms with Gasteiger partial charge in [0.25, 0.3) is 0 Å². The van der Waals surface area contributed by atoms with Crippen LogP contribution in [0.5, 0.6) is 0 Å². The van der Waals surface area contributed by atoms with Gasteiger partial charge in [-0.15, -0.1) is 0 Å². The summed E-state index contributed by atoms with van der Waals surface area (Å²) in [5.41, 5.74) is -1.31. The molecule has 1 saturated heterocycles. The number of ketones is 1. The first kappa shape index (κ1) is 23.5. The molecule has 0 aromatic carbocycles. The lowest BCUT2D eigenvalue weighted by molar-refractivity contribution is -0.176. The van der Waals surface area contributed by atoms with Crippen molar-refractivity contribution in [2.45, 2.75) is 65.9 Å². The predicted octanol–water partition coefficient (Wildman–Crippen LogP) is 4.50. The summed E-state index contributed by atoms with van der Waals surface area (Å²) in [6.45, 7) is 13.6. The molecule has 3 aliphatic rings. The number of esters is 2. The van der Waals surface area contributed by atoms with Crippen molar-refractivity contribution >= 4 is 17.7 Å². The average molecular weight is 431 g/mol. The molecule has 0 amide bonds. The highest BCUT2D eigenvalue weighted by Crippen LogP contribution is 2.64. The molecule has 170 valence electrons. The quantitative estimate of drug-likeness (QED) is 0.276. The summed E-state index contributed by atoms with van der Waals surface area (Å²) in [5.74, 6) is -1.55. The van der Waals surface area contributed by atoms with Crippen LogP contribution < -0.4 is 0 Å². The second kappa shape index (κ2) is 8.05. The zero-order valence-electron chi connectivity index (χ0n) is 19.4. The molecule has 2 bridgehead atoms. The number of fused-ring (bicyclic) bond motifs is 2. The number of Topliss-reactive ketones (excluding diaryl/α,β-unsaturated/α-hetero) is 1. The minimum Gasteiger partial charge on any atom is -0.432 e. The fourth-order valence-electron chi connectivity index (χ4n) is 5.97. The normalized spacial score (nSPS) is 35.4. The van der Waals surface area contributed by atoms with Crippen LogP contribution in [0, 0.1) is 28.6 Å². The maximum absolute atomic E-state index is 13.9. The fourth-order valence-corrected chi connectivity index (χ4v) is 5.97. The summed E-state index contributed by atoms with van der Waals surface area (Å²) in [4.78, 5) is 39.0. The molecular weight excluding hydrogens is 396 g/mol. The van der Waals surface area contributed by atoms with Crippen molar-refractivity contribution in [3.63, 3.8) is 0 Å². The van der Waals surface area contributed by atoms with Crippen LogP contribution in [0.4, 0.5) is 0 Å². The summed E-state index contributed by atoms with van der Waals surface area (Å²) in [6, 6.07) is 0. The number of ether oxygens (including phenoxy) is 3. The SMILES string of the molecule is C=C1C[C@@]2(C(=O)O1)C(=O)[C@H]1C[C@](C)(CC[C@H]1C(C)(C)OC)[C@H]2/C=C\OC(=O)C=C(C)C. The minimum atomic E-state index is -1.34. The molecule has 2 aliphatic carbocycles. The second-order valence-corrected chi connectivity index (χ2v) is 10.3. The van der Waals surface area contributed by atoms with Crippen LogP contribution in [0.3, 0.4) is 0 Å². The van der Waals surface area contributed by atoms with Gasteiger partial charge in [-0.3, -0.25) is 9.59 Å². The lowest BCUT2D eigenvalue weighted by Crippen LogP contribution is -2.61. The van der Waals surface area contributed by atoms with E-state index in [1.807, 2.05) is 13.8 Å². The Hall–Kier alpha value is -2.21. The molecular formula is C25H34O6. The van der Waals surface area contributed by atoms with Gasteiger partial charge in [0, 0.05) is 31.4 Å². The zero-order chi connectivity index (χ0) is 23.2. The number of hydrogen-bond acceptors (Lipinski definition) is 6. The number of cyclic esters (lactones) is 1. The van der Waals surface area contributed by atoms with Crippen LogP contribution in [-0.2, 0) is 28.6 Å². The Morgan fingerprint density at radius 1 is 1.29 bits per heavy atom. The van der Waals surface area contributed by atoms with Gasteiger partial charge in [-0.05, 0) is 64.4 Å². The van der Waals surface area contributed by atoms with E-state index in [4.69, 9.17) is 14.2 Å². The third kappa shape index (κ3) is 3.91. The van der Waals surface area contributed by atoms with E-state index in [1.54, 1.807) is 27.0 Å². The van der Waals surface area contributed by atoms with Crippen LogP contribution in [0.1, 0.15) is 60.3 Å². The smallest absolute Gasteiger partial charge is 0.335 e. The Balaban J connectivity index is 2.02. The first-order chi connectivity index (χ1) is 14.4. The van der Waals surface area contributed by atoms with Crippen molar-refractivity contribution in [1.82, 2.24) is 0 Å². The van der Waals surface area contributed by atoms with Crippen molar-refractivity contribution in [3.8, 4) is 0 Å². The fraction of sp³-hybridized carbons (Fsp3) is 0.640. The molecule has 3 fully saturated rings. The summed E-state index contributed by atoms with van der Waals surface area (Å²) >= 11 is 0. The molecule has 0 aromatic rings. The molecule has 0 aromatic heterocycles. The van der Waals surface area contributed by atoms with Crippen LogP contribution in [0.15, 0.2) is 36.3 Å². The molecule has 1 heterocycles. The van der Waals surface area contributed by atoms with Gasteiger partial charge in [-0.2, -0.15) is 0 Å². The van der Waals surface area contributed by atoms with Crippen molar-refractivity contribution < 1.29 is 28.6 Å². The number of hydrogen-bond donors (Lipinski definition) is 0. The highest BCUT2D eigenvalue weighted by atomic mass is 16.5. The van der Waals surface area contributed by atoms with E-state index in [2.05, 4.69) is 13.5 Å². The Morgan fingerprint density at radius 2 is 1.97 bits per heavy atom. The third-order valence-electron chi connectivity index (χ3n) is 7.61. The van der Waals surface area contributed by atoms with Crippen LogP contribution in [0.25, 0.3) is 0 Å². The van der Waals surface area contributed by atoms with E-state index >= 15 is 0 Å². The highest BCUT2D eigenvalue weighted by Gasteiger charge is 2.69. The predicted molar refractivity (Wildman–Crippen MR) is 115 cm³/mol. The molecule has 31 heavy (non-hydrogen) atoms. The van der Waals surface area contributed by atoms with E-state index < -0.39 is 28.9 Å². The molecule has 5 atom stereocenters. The van der Waals surface area contributed by atoms with E-state index in [0.29, 0.717) is 12.2 Å². The van der Waals surface area contributed by atoms with Crippen LogP contribution in [0.2, 0.25) is 0 Å². The van der Waals surface area contributed by atoms with E-state index in [-0.39, 0.29) is 29.5 Å². The Morgan fingerprint density at radius 3 is 2.52 bits per heavy atom. The topological polar surface area (TPSA) is 78.9 Å². The molecule has 6 heteroatoms. The molecule has 0 radical (unpaired) electrons. The van der Waals surface area contributed by atoms with E-state index in [1.165, 1.54) is 12.3 Å². The Kier molecular flexibility index (Phi) is 6.09. The van der Waals surface area contributed by atoms with Crippen molar-refractivity contribution in [2.75, 3.05) is 7.11 Å². The van der Waals surface area contributed by atoms with Gasteiger partial charge in [0.1, 0.15) is 11.2 Å². The molecule has 3 rings (SSSR count). The molecule has 2 saturated carbocycles. The Bertz CT molecular complexity index is 861. The van der Waals surface area contributed by atoms with Gasteiger partial charge in [0.15, 0.2) is 5.78 Å². The highest BCUT2D eigenvalue weighted by molar-refractivity contribution is 6.08. The summed E-state index contributed by atoms with van der Waals surface area (Å²) < 4.78 is 16.3. The van der Waals surface area contributed by atoms with E-state index in [0.717, 1.165) is 18.4 Å². The minimum absolute atomic E-state index is 0.0111. The Labute approximate surface area is 184 Å². The van der Waals surface area contributed by atoms with Gasteiger partial charge in [0.2, 0.25) is 0 Å². The number of carbonyl (C=O) groups excluding carboxylic acids is 3. The van der Waals surface area contributed by atoms with Gasteiger partial charge in [-0.1, -0.05) is 19.1 Å². The maximum Gasteiger partial charge on any atom is 0.335 e. The number of rotatable bonds is 5. The lowest BCUT2D eigenvalue weighted by atomic mass is 9.44. The summed E-state index contributed by atoms with van der Waals surface area (Å²) in [5, 5.41) is 0. The maximum atomic E-state index is 13.9.